The monoisotopic (exact) mass is 660 g/mol. The highest BCUT2D eigenvalue weighted by Crippen LogP contribution is 2.50. The second kappa shape index (κ2) is 10.1. The first kappa shape index (κ1) is 16.1. The van der Waals surface area contributed by atoms with Crippen molar-refractivity contribution in [2.45, 2.75) is 59.3 Å². The third-order valence-electron chi connectivity index (χ3n) is 8.67. The SMILES string of the molecule is [2H]c1c([2H])c([2H])c(N2c3c([2H])c(C)c([2H])c4c3B(c3oc5c([2H])c([2H])c(C(C)(C)C)c([2H])c5c32)c2sc3c([2H])c([2H])c(C(C)(C)C)c([2H])c3c2N4c2c([2H])c([2H])c([2H])c([2H])c2[2H])c([2H])c1[2H]. The van der Waals surface area contributed by atoms with Gasteiger partial charge in [-0.25, -0.2) is 0 Å². The van der Waals surface area contributed by atoms with Gasteiger partial charge in [0, 0.05) is 43.0 Å². The van der Waals surface area contributed by atoms with E-state index in [1.165, 1.54) is 16.7 Å². The minimum atomic E-state index is -1.32. The molecule has 0 unspecified atom stereocenters. The van der Waals surface area contributed by atoms with Gasteiger partial charge in [-0.1, -0.05) is 89.9 Å². The number of rotatable bonds is 2. The lowest BCUT2D eigenvalue weighted by atomic mass is 9.38. The van der Waals surface area contributed by atoms with E-state index < -0.39 is 95.4 Å². The van der Waals surface area contributed by atoms with Gasteiger partial charge in [0.1, 0.15) is 11.2 Å². The summed E-state index contributed by atoms with van der Waals surface area (Å²) in [6.45, 7) is 10.7. The Hall–Kier alpha value is -4.74. The van der Waals surface area contributed by atoms with Crippen molar-refractivity contribution in [1.82, 2.24) is 0 Å². The van der Waals surface area contributed by atoms with E-state index in [9.17, 15) is 15.1 Å². The molecule has 2 aliphatic heterocycles. The van der Waals surface area contributed by atoms with Crippen molar-refractivity contribution >= 4 is 89.1 Å². The zero-order valence-corrected chi connectivity index (χ0v) is 28.1. The zero-order chi connectivity index (χ0) is 48.8. The topological polar surface area (TPSA) is 19.6 Å². The van der Waals surface area contributed by atoms with Crippen LogP contribution in [0.4, 0.5) is 34.1 Å². The first-order valence-electron chi connectivity index (χ1n) is 24.5. The molecule has 0 bridgehead atoms. The van der Waals surface area contributed by atoms with Crippen LogP contribution in [0.15, 0.2) is 113 Å². The van der Waals surface area contributed by atoms with Gasteiger partial charge >= 0.3 is 6.71 Å². The molecule has 2 aliphatic rings. The number of fused-ring (bicyclic) bond motifs is 8. The highest BCUT2D eigenvalue weighted by molar-refractivity contribution is 7.33. The lowest BCUT2D eigenvalue weighted by Gasteiger charge is -2.41. The Morgan fingerprint density at radius 3 is 1.77 bits per heavy atom. The van der Waals surface area contributed by atoms with Gasteiger partial charge in [-0.15, -0.1) is 11.3 Å². The predicted octanol–water partition coefficient (Wildman–Crippen LogP) is 10.6. The molecule has 0 N–H and O–H groups in total. The van der Waals surface area contributed by atoms with Gasteiger partial charge in [-0.05, 0) is 100 Å². The van der Waals surface area contributed by atoms with Gasteiger partial charge in [0.15, 0.2) is 0 Å². The van der Waals surface area contributed by atoms with E-state index in [0.717, 1.165) is 11.3 Å². The first-order valence-corrected chi connectivity index (χ1v) is 16.3. The molecule has 0 amide bonds. The molecule has 2 aromatic heterocycles. The van der Waals surface area contributed by atoms with E-state index in [4.69, 9.17) is 14.0 Å². The summed E-state index contributed by atoms with van der Waals surface area (Å²) in [6, 6.07) is -9.73. The van der Waals surface area contributed by atoms with Crippen LogP contribution >= 0.6 is 11.3 Å². The number of hydrogen-bond acceptors (Lipinski definition) is 4. The molecule has 0 saturated heterocycles. The Morgan fingerprint density at radius 2 is 1.19 bits per heavy atom. The number of para-hydroxylation sites is 2. The zero-order valence-electron chi connectivity index (χ0n) is 45.3. The minimum Gasteiger partial charge on any atom is -0.468 e. The molecule has 48 heavy (non-hydrogen) atoms. The summed E-state index contributed by atoms with van der Waals surface area (Å²) in [4.78, 5) is 2.45. The predicted molar refractivity (Wildman–Crippen MR) is 208 cm³/mol. The largest absolute Gasteiger partial charge is 0.468 e. The second-order valence-electron chi connectivity index (χ2n) is 14.1. The molecule has 0 spiro atoms. The third-order valence-corrected chi connectivity index (χ3v) is 9.83. The fraction of sp³-hybridized carbons (Fsp3) is 0.209. The molecule has 236 valence electrons. The Kier molecular flexibility index (Phi) is 3.40. The lowest BCUT2D eigenvalue weighted by molar-refractivity contribution is 0.590. The molecule has 0 atom stereocenters. The van der Waals surface area contributed by atoms with Crippen molar-refractivity contribution in [1.29, 1.82) is 0 Å². The fourth-order valence-electron chi connectivity index (χ4n) is 6.45. The molecule has 5 heteroatoms. The molecular weight excluding hydrogens is 603 g/mol. The summed E-state index contributed by atoms with van der Waals surface area (Å²) in [7, 11) is 0. The number of benzene rings is 5. The van der Waals surface area contributed by atoms with Crippen LogP contribution in [0.2, 0.25) is 0 Å². The van der Waals surface area contributed by atoms with Crippen LogP contribution in [-0.2, 0) is 10.8 Å². The number of thiophene rings is 1. The van der Waals surface area contributed by atoms with Gasteiger partial charge in [0.2, 0.25) is 0 Å². The van der Waals surface area contributed by atoms with E-state index in [1.807, 2.05) is 0 Å². The highest BCUT2D eigenvalue weighted by Gasteiger charge is 2.48. The van der Waals surface area contributed by atoms with Crippen LogP contribution in [0, 0.1) is 6.92 Å². The Labute approximate surface area is 312 Å². The van der Waals surface area contributed by atoms with E-state index in [0.29, 0.717) is 0 Å². The van der Waals surface area contributed by atoms with E-state index in [1.54, 1.807) is 41.5 Å². The molecule has 4 heterocycles. The van der Waals surface area contributed by atoms with E-state index in [-0.39, 0.29) is 119 Å². The lowest BCUT2D eigenvalue weighted by Crippen LogP contribution is -2.60. The Balaban J connectivity index is 1.62. The quantitative estimate of drug-likeness (QED) is 0.172. The van der Waals surface area contributed by atoms with Gasteiger partial charge in [-0.2, -0.15) is 0 Å². The maximum Gasteiger partial charge on any atom is 0.309 e. The fourth-order valence-corrected chi connectivity index (χ4v) is 7.65. The number of furan rings is 1. The van der Waals surface area contributed by atoms with Crippen LogP contribution in [-0.4, -0.2) is 6.71 Å². The van der Waals surface area contributed by atoms with Crippen molar-refractivity contribution in [2.75, 3.05) is 9.80 Å². The van der Waals surface area contributed by atoms with Crippen molar-refractivity contribution in [3.8, 4) is 0 Å². The van der Waals surface area contributed by atoms with Gasteiger partial charge in [0.25, 0.3) is 0 Å². The average molecular weight is 661 g/mol. The molecule has 9 rings (SSSR count). The van der Waals surface area contributed by atoms with Gasteiger partial charge in [0.05, 0.1) is 36.0 Å². The summed E-state index contributed by atoms with van der Waals surface area (Å²) in [5.74, 6) is 0. The van der Waals surface area contributed by atoms with Crippen LogP contribution < -0.4 is 25.7 Å². The smallest absolute Gasteiger partial charge is 0.309 e. The van der Waals surface area contributed by atoms with Crippen molar-refractivity contribution in [2.24, 2.45) is 0 Å². The maximum absolute atomic E-state index is 9.86. The van der Waals surface area contributed by atoms with Crippen molar-refractivity contribution < 1.29 is 29.1 Å². The summed E-state index contributed by atoms with van der Waals surface area (Å²) < 4.78 is 173. The first-order chi connectivity index (χ1) is 30.5. The standard InChI is InChI=1S/C43H39BN2OS/c1-26-22-33-37-34(23-26)46(30-16-12-9-13-17-30)39-32-25-28(43(5,6)7)19-21-36(32)48-41(39)44(37)40-38(45(33)29-14-10-8-11-15-29)31-24-27(42(2,3)4)18-20-35(31)47-40/h8-25H,1-7H3/i8D,9D,10D,11D,12D,13D,14D,15D,16D,17D,18D,19D,20D,21D,22D,23D,24D,25D. The molecular formula is C43H39BN2OS. The number of nitrogens with zero attached hydrogens (tertiary/aromatic N) is 2. The average Bonchev–Trinajstić information content (AvgIpc) is 3.84. The van der Waals surface area contributed by atoms with Crippen LogP contribution in [0.25, 0.3) is 21.1 Å². The molecule has 0 fully saturated rings. The minimum absolute atomic E-state index is 0.0137. The molecule has 5 aromatic carbocycles. The van der Waals surface area contributed by atoms with E-state index in [2.05, 4.69) is 0 Å². The Bertz CT molecular complexity index is 3150. The molecule has 0 saturated carbocycles. The highest BCUT2D eigenvalue weighted by atomic mass is 32.1. The normalized spacial score (nSPS) is 19.3. The molecule has 0 aliphatic carbocycles. The van der Waals surface area contributed by atoms with Gasteiger partial charge < -0.3 is 14.2 Å². The summed E-state index contributed by atoms with van der Waals surface area (Å²) in [6.07, 6.45) is 0. The van der Waals surface area contributed by atoms with Crippen molar-refractivity contribution in [3.63, 3.8) is 0 Å². The van der Waals surface area contributed by atoms with Crippen molar-refractivity contribution in [3.05, 3.63) is 125 Å². The van der Waals surface area contributed by atoms with Crippen LogP contribution in [0.5, 0.6) is 0 Å². The van der Waals surface area contributed by atoms with E-state index >= 15 is 0 Å². The molecule has 7 aromatic rings. The maximum atomic E-state index is 9.86. The summed E-state index contributed by atoms with van der Waals surface area (Å²) >= 11 is 0.940. The van der Waals surface area contributed by atoms with Crippen LogP contribution in [0.1, 0.15) is 82.9 Å². The Morgan fingerprint density at radius 1 is 0.646 bits per heavy atom. The van der Waals surface area contributed by atoms with Crippen LogP contribution in [0.3, 0.4) is 0 Å². The third kappa shape index (κ3) is 4.26. The molecule has 3 nitrogen and oxygen atoms in total. The summed E-state index contributed by atoms with van der Waals surface area (Å²) in [5.41, 5.74) is -3.32. The van der Waals surface area contributed by atoms with Gasteiger partial charge in [-0.3, -0.25) is 0 Å². The summed E-state index contributed by atoms with van der Waals surface area (Å²) in [5, 5.41) is -0.0213. The number of hydrogen-bond donors (Lipinski definition) is 0. The molecule has 0 radical (unpaired) electrons. The number of anilines is 6. The second-order valence-corrected chi connectivity index (χ2v) is 15.1.